The van der Waals surface area contributed by atoms with Gasteiger partial charge in [-0.25, -0.2) is 0 Å². The number of nitrogens with one attached hydrogen (secondary N) is 1. The Bertz CT molecular complexity index is 370. The smallest absolute Gasteiger partial charge is 0.315 e. The minimum Gasteiger partial charge on any atom is -0.465 e. The van der Waals surface area contributed by atoms with Gasteiger partial charge in [-0.15, -0.1) is 11.8 Å². The van der Waals surface area contributed by atoms with Crippen LogP contribution in [-0.2, 0) is 9.53 Å². The van der Waals surface area contributed by atoms with Gasteiger partial charge in [-0.05, 0) is 26.0 Å². The highest BCUT2D eigenvalue weighted by Crippen LogP contribution is 2.28. The highest BCUT2D eigenvalue weighted by Gasteiger charge is 2.21. The van der Waals surface area contributed by atoms with Crippen molar-refractivity contribution >= 4 is 17.7 Å². The summed E-state index contributed by atoms with van der Waals surface area (Å²) < 4.78 is 4.98. The van der Waals surface area contributed by atoms with E-state index in [1.54, 1.807) is 11.8 Å². The maximum Gasteiger partial charge on any atom is 0.315 e. The third-order valence-electron chi connectivity index (χ3n) is 2.96. The molecule has 1 rings (SSSR count). The molecule has 0 saturated carbocycles. The molecule has 0 aliphatic rings. The molecule has 0 aliphatic carbocycles. The molecule has 0 heterocycles. The van der Waals surface area contributed by atoms with E-state index in [9.17, 15) is 4.79 Å². The lowest BCUT2D eigenvalue weighted by Gasteiger charge is -2.25. The maximum absolute atomic E-state index is 11.4. The van der Waals surface area contributed by atoms with Crippen molar-refractivity contribution in [1.29, 1.82) is 0 Å². The summed E-state index contributed by atoms with van der Waals surface area (Å²) in [6, 6.07) is 10.6. The normalized spacial score (nSPS) is 13.8. The molecule has 3 nitrogen and oxygen atoms in total. The van der Waals surface area contributed by atoms with E-state index in [4.69, 9.17) is 4.74 Å². The Hall–Kier alpha value is -1.00. The van der Waals surface area contributed by atoms with E-state index in [0.717, 1.165) is 6.42 Å². The Balaban J connectivity index is 2.63. The second kappa shape index (κ2) is 8.99. The van der Waals surface area contributed by atoms with E-state index in [-0.39, 0.29) is 12.0 Å². The van der Waals surface area contributed by atoms with Gasteiger partial charge < -0.3 is 10.1 Å². The van der Waals surface area contributed by atoms with Gasteiger partial charge in [-0.2, -0.15) is 0 Å². The van der Waals surface area contributed by atoms with Crippen LogP contribution in [-0.4, -0.2) is 30.6 Å². The minimum atomic E-state index is -0.131. The maximum atomic E-state index is 11.4. The fourth-order valence-corrected chi connectivity index (χ4v) is 3.21. The number of thioether (sulfide) groups is 1. The summed E-state index contributed by atoms with van der Waals surface area (Å²) in [7, 11) is 1.96. The molecule has 0 amide bonds. The van der Waals surface area contributed by atoms with Gasteiger partial charge in [0.2, 0.25) is 0 Å². The first-order valence-corrected chi connectivity index (χ1v) is 7.77. The van der Waals surface area contributed by atoms with Crippen molar-refractivity contribution < 1.29 is 9.53 Å². The first kappa shape index (κ1) is 16.1. The molecule has 0 spiro atoms. The Kier molecular flexibility index (Phi) is 7.60. The third-order valence-corrected chi connectivity index (χ3v) is 4.40. The van der Waals surface area contributed by atoms with Crippen molar-refractivity contribution in [2.45, 2.75) is 31.6 Å². The van der Waals surface area contributed by atoms with Crippen molar-refractivity contribution in [1.82, 2.24) is 5.32 Å². The fourth-order valence-electron chi connectivity index (χ4n) is 2.06. The van der Waals surface area contributed by atoms with Gasteiger partial charge in [0.25, 0.3) is 0 Å². The summed E-state index contributed by atoms with van der Waals surface area (Å²) in [5, 5.41) is 3.71. The van der Waals surface area contributed by atoms with Crippen LogP contribution in [0.2, 0.25) is 0 Å². The van der Waals surface area contributed by atoms with Gasteiger partial charge >= 0.3 is 5.97 Å². The van der Waals surface area contributed by atoms with Crippen LogP contribution in [0.1, 0.15) is 31.9 Å². The van der Waals surface area contributed by atoms with Crippen molar-refractivity contribution in [2.75, 3.05) is 19.4 Å². The zero-order valence-corrected chi connectivity index (χ0v) is 12.7. The monoisotopic (exact) mass is 281 g/mol. The highest BCUT2D eigenvalue weighted by atomic mass is 32.2. The molecular formula is C15H23NO2S. The van der Waals surface area contributed by atoms with Crippen molar-refractivity contribution in [3.05, 3.63) is 35.9 Å². The van der Waals surface area contributed by atoms with Crippen molar-refractivity contribution in [2.24, 2.45) is 0 Å². The number of ether oxygens (including phenoxy) is 1. The molecule has 106 valence electrons. The fraction of sp³-hybridized carbons (Fsp3) is 0.533. The average molecular weight is 281 g/mol. The van der Waals surface area contributed by atoms with E-state index in [1.807, 2.05) is 32.2 Å². The molecule has 1 aromatic carbocycles. The first-order valence-electron chi connectivity index (χ1n) is 6.72. The number of benzene rings is 1. The molecule has 0 aromatic heterocycles. The first-order chi connectivity index (χ1) is 9.22. The van der Waals surface area contributed by atoms with E-state index >= 15 is 0 Å². The Morgan fingerprint density at radius 2 is 2.00 bits per heavy atom. The number of hydrogen-bond donors (Lipinski definition) is 1. The Morgan fingerprint density at radius 1 is 1.32 bits per heavy atom. The summed E-state index contributed by atoms with van der Waals surface area (Å²) >= 11 is 1.66. The number of rotatable bonds is 8. The predicted octanol–water partition coefficient (Wildman–Crippen LogP) is 3.02. The van der Waals surface area contributed by atoms with Crippen LogP contribution in [0, 0.1) is 0 Å². The molecule has 2 unspecified atom stereocenters. The van der Waals surface area contributed by atoms with Crippen LogP contribution in [0.15, 0.2) is 30.3 Å². The van der Waals surface area contributed by atoms with Crippen molar-refractivity contribution in [3.8, 4) is 0 Å². The molecule has 0 fully saturated rings. The Morgan fingerprint density at radius 3 is 2.53 bits per heavy atom. The van der Waals surface area contributed by atoms with Crippen LogP contribution in [0.3, 0.4) is 0 Å². The summed E-state index contributed by atoms with van der Waals surface area (Å²) in [4.78, 5) is 11.4. The number of hydrogen-bond acceptors (Lipinski definition) is 4. The third kappa shape index (κ3) is 5.25. The van der Waals surface area contributed by atoms with E-state index < -0.39 is 0 Å². The molecule has 2 atom stereocenters. The van der Waals surface area contributed by atoms with Gasteiger partial charge in [0.05, 0.1) is 12.4 Å². The van der Waals surface area contributed by atoms with Crippen LogP contribution in [0.5, 0.6) is 0 Å². The molecule has 1 aromatic rings. The van der Waals surface area contributed by atoms with Crippen LogP contribution in [0.4, 0.5) is 0 Å². The molecule has 0 radical (unpaired) electrons. The number of esters is 1. The molecule has 4 heteroatoms. The lowest BCUT2D eigenvalue weighted by atomic mass is 10.0. The van der Waals surface area contributed by atoms with E-state index in [0.29, 0.717) is 17.6 Å². The van der Waals surface area contributed by atoms with Crippen molar-refractivity contribution in [3.63, 3.8) is 0 Å². The summed E-state index contributed by atoms with van der Waals surface area (Å²) in [6.07, 6.45) is 1.00. The molecular weight excluding hydrogens is 258 g/mol. The number of carbonyl (C=O) groups excluding carboxylic acids is 1. The lowest BCUT2D eigenvalue weighted by molar-refractivity contribution is -0.139. The second-order valence-electron chi connectivity index (χ2n) is 4.24. The van der Waals surface area contributed by atoms with Gasteiger partial charge in [0.15, 0.2) is 0 Å². The number of carbonyl (C=O) groups is 1. The SMILES string of the molecule is CCOC(=O)CSC(CC)C(NC)c1ccccc1. The zero-order chi connectivity index (χ0) is 14.1. The second-order valence-corrected chi connectivity index (χ2v) is 5.47. The summed E-state index contributed by atoms with van der Waals surface area (Å²) in [5.41, 5.74) is 1.26. The topological polar surface area (TPSA) is 38.3 Å². The molecule has 19 heavy (non-hydrogen) atoms. The van der Waals surface area contributed by atoms with Crippen LogP contribution in [0.25, 0.3) is 0 Å². The standard InChI is InChI=1S/C15H23NO2S/c1-4-13(19-11-14(17)18-5-2)15(16-3)12-9-7-6-8-10-12/h6-10,13,15-16H,4-5,11H2,1-3H3. The average Bonchev–Trinajstić information content (AvgIpc) is 2.44. The summed E-state index contributed by atoms with van der Waals surface area (Å²) in [5.74, 6) is 0.283. The molecule has 1 N–H and O–H groups in total. The van der Waals surface area contributed by atoms with Gasteiger partial charge in [0, 0.05) is 11.3 Å². The van der Waals surface area contributed by atoms with Gasteiger partial charge in [-0.3, -0.25) is 4.79 Å². The predicted molar refractivity (Wildman–Crippen MR) is 81.4 cm³/mol. The van der Waals surface area contributed by atoms with E-state index in [1.165, 1.54) is 5.56 Å². The largest absolute Gasteiger partial charge is 0.465 e. The molecule has 0 bridgehead atoms. The molecule has 0 saturated heterocycles. The lowest BCUT2D eigenvalue weighted by Crippen LogP contribution is -2.28. The van der Waals surface area contributed by atoms with Gasteiger partial charge in [-0.1, -0.05) is 37.3 Å². The summed E-state index contributed by atoms with van der Waals surface area (Å²) in [6.45, 7) is 4.43. The van der Waals surface area contributed by atoms with Crippen LogP contribution >= 0.6 is 11.8 Å². The highest BCUT2D eigenvalue weighted by molar-refractivity contribution is 8.00. The Labute approximate surface area is 120 Å². The quantitative estimate of drug-likeness (QED) is 0.743. The van der Waals surface area contributed by atoms with Gasteiger partial charge in [0.1, 0.15) is 0 Å². The van der Waals surface area contributed by atoms with E-state index in [2.05, 4.69) is 24.4 Å². The zero-order valence-electron chi connectivity index (χ0n) is 11.9. The minimum absolute atomic E-state index is 0.131. The molecule has 0 aliphatic heterocycles. The van der Waals surface area contributed by atoms with Crippen LogP contribution < -0.4 is 5.32 Å².